The lowest BCUT2D eigenvalue weighted by Gasteiger charge is -2.66. The largest absolute Gasteiger partial charge is 0.469 e. The molecule has 0 aliphatic heterocycles. The van der Waals surface area contributed by atoms with Crippen LogP contribution in [0.25, 0.3) is 0 Å². The Labute approximate surface area is 201 Å². The summed E-state index contributed by atoms with van der Waals surface area (Å²) in [5, 5.41) is 0. The smallest absolute Gasteiger partial charge is 0.312 e. The Bertz CT molecular complexity index is 883. The molecule has 8 unspecified atom stereocenters. The molecule has 0 aromatic rings. The molecule has 8 atom stereocenters. The molecule has 5 aliphatic rings. The number of rotatable bonds is 2. The molecule has 0 aromatic heterocycles. The van der Waals surface area contributed by atoms with Crippen molar-refractivity contribution in [2.45, 2.75) is 99.3 Å². The molecule has 4 fully saturated rings. The average molecular weight is 455 g/mol. The predicted molar refractivity (Wildman–Crippen MR) is 131 cm³/mol. The second-order valence-electron chi connectivity index (χ2n) is 13.9. The SMILES string of the molecule is COC(=O)C12CC=C3C(CCC4C3(C)CCC3C(C)(C)C(=O)CCC34C)C1C(C(C)C)CC2. The average Bonchev–Trinajstić information content (AvgIpc) is 3.17. The molecule has 0 bridgehead atoms. The normalized spacial score (nSPS) is 48.3. The summed E-state index contributed by atoms with van der Waals surface area (Å²) in [5.41, 5.74) is 1.63. The van der Waals surface area contributed by atoms with Crippen LogP contribution in [0.15, 0.2) is 11.6 Å². The van der Waals surface area contributed by atoms with Gasteiger partial charge >= 0.3 is 5.97 Å². The number of carbonyl (C=O) groups excluding carboxylic acids is 2. The van der Waals surface area contributed by atoms with Gasteiger partial charge in [0.15, 0.2) is 0 Å². The van der Waals surface area contributed by atoms with Crippen LogP contribution in [0.1, 0.15) is 99.3 Å². The van der Waals surface area contributed by atoms with E-state index in [-0.39, 0.29) is 27.6 Å². The van der Waals surface area contributed by atoms with E-state index in [9.17, 15) is 9.59 Å². The third-order valence-electron chi connectivity index (χ3n) is 12.2. The summed E-state index contributed by atoms with van der Waals surface area (Å²) in [6.07, 6.45) is 12.1. The molecular formula is C30H46O3. The second kappa shape index (κ2) is 7.44. The van der Waals surface area contributed by atoms with Crippen molar-refractivity contribution in [3.63, 3.8) is 0 Å². The maximum absolute atomic E-state index is 13.2. The molecule has 3 nitrogen and oxygen atoms in total. The topological polar surface area (TPSA) is 43.4 Å². The van der Waals surface area contributed by atoms with Crippen molar-refractivity contribution < 1.29 is 14.3 Å². The Morgan fingerprint density at radius 2 is 1.73 bits per heavy atom. The summed E-state index contributed by atoms with van der Waals surface area (Å²) in [6, 6.07) is 0. The monoisotopic (exact) mass is 454 g/mol. The van der Waals surface area contributed by atoms with Crippen molar-refractivity contribution in [3.05, 3.63) is 11.6 Å². The summed E-state index contributed by atoms with van der Waals surface area (Å²) < 4.78 is 5.45. The summed E-state index contributed by atoms with van der Waals surface area (Å²) in [7, 11) is 1.59. The van der Waals surface area contributed by atoms with Crippen LogP contribution >= 0.6 is 0 Å². The first kappa shape index (κ1) is 23.6. The van der Waals surface area contributed by atoms with Crippen LogP contribution in [-0.2, 0) is 14.3 Å². The van der Waals surface area contributed by atoms with Crippen molar-refractivity contribution in [2.75, 3.05) is 7.11 Å². The first-order valence-electron chi connectivity index (χ1n) is 13.8. The van der Waals surface area contributed by atoms with Crippen LogP contribution in [0.4, 0.5) is 0 Å². The zero-order chi connectivity index (χ0) is 24.0. The second-order valence-corrected chi connectivity index (χ2v) is 13.9. The minimum atomic E-state index is -0.304. The molecule has 3 heteroatoms. The van der Waals surface area contributed by atoms with E-state index in [0.717, 1.165) is 38.5 Å². The fraction of sp³-hybridized carbons (Fsp3) is 0.867. The molecule has 0 radical (unpaired) electrons. The van der Waals surface area contributed by atoms with Gasteiger partial charge in [-0.15, -0.1) is 0 Å². The van der Waals surface area contributed by atoms with Crippen LogP contribution in [0.2, 0.25) is 0 Å². The van der Waals surface area contributed by atoms with Crippen molar-refractivity contribution in [2.24, 2.45) is 57.2 Å². The first-order chi connectivity index (χ1) is 15.4. The minimum Gasteiger partial charge on any atom is -0.469 e. The molecular weight excluding hydrogens is 408 g/mol. The highest BCUT2D eigenvalue weighted by atomic mass is 16.5. The number of hydrogen-bond donors (Lipinski definition) is 0. The maximum atomic E-state index is 13.2. The molecule has 5 rings (SSSR count). The number of ether oxygens (including phenoxy) is 1. The molecule has 0 saturated heterocycles. The molecule has 5 aliphatic carbocycles. The van der Waals surface area contributed by atoms with Gasteiger partial charge in [0.05, 0.1) is 12.5 Å². The van der Waals surface area contributed by atoms with Gasteiger partial charge in [-0.05, 0) is 97.7 Å². The van der Waals surface area contributed by atoms with E-state index < -0.39 is 0 Å². The molecule has 0 heterocycles. The molecule has 0 N–H and O–H groups in total. The molecule has 33 heavy (non-hydrogen) atoms. The summed E-state index contributed by atoms with van der Waals surface area (Å²) >= 11 is 0. The number of fused-ring (bicyclic) bond motifs is 7. The van der Waals surface area contributed by atoms with Crippen molar-refractivity contribution in [1.29, 1.82) is 0 Å². The molecule has 0 spiro atoms. The van der Waals surface area contributed by atoms with Crippen molar-refractivity contribution >= 4 is 11.8 Å². The maximum Gasteiger partial charge on any atom is 0.312 e. The fourth-order valence-electron chi connectivity index (χ4n) is 10.7. The van der Waals surface area contributed by atoms with Gasteiger partial charge in [0.2, 0.25) is 0 Å². The molecule has 184 valence electrons. The molecule has 0 aromatic carbocycles. The third kappa shape index (κ3) is 2.92. The molecule has 0 amide bonds. The Morgan fingerprint density at radius 3 is 2.39 bits per heavy atom. The predicted octanol–water partition coefficient (Wildman–Crippen LogP) is 7.00. The van der Waals surface area contributed by atoms with Gasteiger partial charge in [-0.3, -0.25) is 9.59 Å². The van der Waals surface area contributed by atoms with E-state index in [2.05, 4.69) is 47.6 Å². The van der Waals surface area contributed by atoms with Gasteiger partial charge in [0, 0.05) is 11.8 Å². The Kier molecular flexibility index (Phi) is 5.32. The Hall–Kier alpha value is -1.12. The zero-order valence-electron chi connectivity index (χ0n) is 22.1. The van der Waals surface area contributed by atoms with E-state index in [1.807, 2.05) is 0 Å². The summed E-state index contributed by atoms with van der Waals surface area (Å²) in [6.45, 7) is 14.3. The summed E-state index contributed by atoms with van der Waals surface area (Å²) in [5.74, 6) is 3.82. The number of ketones is 1. The fourth-order valence-corrected chi connectivity index (χ4v) is 10.7. The third-order valence-corrected chi connectivity index (χ3v) is 12.2. The van der Waals surface area contributed by atoms with E-state index in [1.54, 1.807) is 12.7 Å². The number of hydrogen-bond acceptors (Lipinski definition) is 3. The van der Waals surface area contributed by atoms with Gasteiger partial charge in [0.25, 0.3) is 0 Å². The molecule has 4 saturated carbocycles. The van der Waals surface area contributed by atoms with Crippen LogP contribution in [0.5, 0.6) is 0 Å². The van der Waals surface area contributed by atoms with Gasteiger partial charge in [0.1, 0.15) is 5.78 Å². The zero-order valence-corrected chi connectivity index (χ0v) is 22.1. The van der Waals surface area contributed by atoms with Crippen LogP contribution in [0.3, 0.4) is 0 Å². The number of methoxy groups -OCH3 is 1. The van der Waals surface area contributed by atoms with E-state index in [4.69, 9.17) is 4.74 Å². The van der Waals surface area contributed by atoms with Gasteiger partial charge in [-0.2, -0.15) is 0 Å². The standard InChI is InChI=1S/C30H46O3/c1-18(2)19-10-16-30(26(32)33-7)17-11-21-20(25(19)30)8-9-23-28(21,5)14-12-22-27(3,4)24(31)13-15-29(22,23)6/h11,18-20,22-23,25H,8-10,12-17H2,1-7H3. The van der Waals surface area contributed by atoms with Gasteiger partial charge < -0.3 is 4.74 Å². The lowest BCUT2D eigenvalue weighted by atomic mass is 9.38. The Balaban J connectivity index is 1.56. The lowest BCUT2D eigenvalue weighted by molar-refractivity contribution is -0.166. The van der Waals surface area contributed by atoms with E-state index in [0.29, 0.717) is 41.3 Å². The summed E-state index contributed by atoms with van der Waals surface area (Å²) in [4.78, 5) is 26.1. The van der Waals surface area contributed by atoms with Gasteiger partial charge in [-0.1, -0.05) is 53.2 Å². The van der Waals surface area contributed by atoms with Crippen LogP contribution < -0.4 is 0 Å². The highest BCUT2D eigenvalue weighted by Gasteiger charge is 2.66. The number of Topliss-reactive ketones (excluding diaryl/α,β-unsaturated/α-hetero) is 1. The van der Waals surface area contributed by atoms with Crippen LogP contribution in [-0.4, -0.2) is 18.9 Å². The lowest BCUT2D eigenvalue weighted by Crippen LogP contribution is -2.60. The minimum absolute atomic E-state index is 0.0430. The number of carbonyl (C=O) groups is 2. The Morgan fingerprint density at radius 1 is 1.00 bits per heavy atom. The quantitative estimate of drug-likeness (QED) is 0.333. The number of allylic oxidation sites excluding steroid dienone is 2. The first-order valence-corrected chi connectivity index (χ1v) is 13.8. The van der Waals surface area contributed by atoms with Crippen molar-refractivity contribution in [3.8, 4) is 0 Å². The highest BCUT2D eigenvalue weighted by Crippen LogP contribution is 2.72. The van der Waals surface area contributed by atoms with Crippen LogP contribution in [0, 0.1) is 57.2 Å². The van der Waals surface area contributed by atoms with E-state index in [1.165, 1.54) is 19.3 Å². The highest BCUT2D eigenvalue weighted by molar-refractivity contribution is 5.85. The van der Waals surface area contributed by atoms with Gasteiger partial charge in [-0.25, -0.2) is 0 Å². The van der Waals surface area contributed by atoms with Crippen molar-refractivity contribution in [1.82, 2.24) is 0 Å². The van der Waals surface area contributed by atoms with E-state index >= 15 is 0 Å². The number of esters is 1.